The summed E-state index contributed by atoms with van der Waals surface area (Å²) in [6, 6.07) is 3.04. The van der Waals surface area contributed by atoms with Crippen LogP contribution in [0, 0.1) is 5.92 Å². The van der Waals surface area contributed by atoms with Gasteiger partial charge in [-0.3, -0.25) is 4.79 Å². The maximum Gasteiger partial charge on any atom is 0.255 e. The van der Waals surface area contributed by atoms with Gasteiger partial charge in [0.1, 0.15) is 5.75 Å². The molecule has 1 unspecified atom stereocenters. The molecule has 0 saturated heterocycles. The average Bonchev–Trinajstić information content (AvgIpc) is 2.41. The fraction of sp³-hybridized carbons (Fsp3) is 0.500. The first kappa shape index (κ1) is 19.8. The molecule has 0 fully saturated rings. The zero-order valence-corrected chi connectivity index (χ0v) is 14.2. The van der Waals surface area contributed by atoms with E-state index in [1.54, 1.807) is 7.11 Å². The van der Waals surface area contributed by atoms with Gasteiger partial charge in [0.05, 0.1) is 29.5 Å². The molecule has 0 saturated carbocycles. The predicted octanol–water partition coefficient (Wildman–Crippen LogP) is 2.75. The van der Waals surface area contributed by atoms with E-state index in [1.165, 1.54) is 19.2 Å². The molecule has 3 N–H and O–H groups in total. The number of rotatable bonds is 6. The third kappa shape index (κ3) is 5.26. The maximum absolute atomic E-state index is 12.2. The normalized spacial score (nSPS) is 11.7. The summed E-state index contributed by atoms with van der Waals surface area (Å²) in [6.07, 6.45) is -0.0470. The minimum absolute atomic E-state index is 0. The molecule has 1 aromatic rings. The number of hydrogen-bond acceptors (Lipinski definition) is 4. The number of nitrogens with two attached hydrogens (primary N) is 1. The lowest BCUT2D eigenvalue weighted by Crippen LogP contribution is -2.36. The summed E-state index contributed by atoms with van der Waals surface area (Å²) in [7, 11) is 3.10. The summed E-state index contributed by atoms with van der Waals surface area (Å²) >= 11 is 5.94. The summed E-state index contributed by atoms with van der Waals surface area (Å²) in [5.74, 6) is 0.423. The fourth-order valence-electron chi connectivity index (χ4n) is 1.80. The number of carbonyl (C=O) groups excluding carboxylic acids is 1. The van der Waals surface area contributed by atoms with Crippen molar-refractivity contribution in [1.29, 1.82) is 0 Å². The molecule has 21 heavy (non-hydrogen) atoms. The Hall–Kier alpha value is -1.17. The number of nitrogens with one attached hydrogen (secondary N) is 1. The molecule has 0 radical (unpaired) electrons. The quantitative estimate of drug-likeness (QED) is 0.783. The van der Waals surface area contributed by atoms with Crippen molar-refractivity contribution in [1.82, 2.24) is 5.32 Å². The minimum atomic E-state index is -0.272. The van der Waals surface area contributed by atoms with E-state index in [9.17, 15) is 4.79 Å². The zero-order chi connectivity index (χ0) is 15.3. The molecule has 0 aliphatic rings. The number of hydrogen-bond donors (Lipinski definition) is 2. The van der Waals surface area contributed by atoms with Gasteiger partial charge >= 0.3 is 0 Å². The Balaban J connectivity index is 0.00000400. The van der Waals surface area contributed by atoms with Crippen LogP contribution in [0.2, 0.25) is 5.02 Å². The van der Waals surface area contributed by atoms with E-state index in [2.05, 4.69) is 5.32 Å². The van der Waals surface area contributed by atoms with Gasteiger partial charge in [-0.05, 0) is 12.0 Å². The smallest absolute Gasteiger partial charge is 0.255 e. The third-order valence-electron chi connectivity index (χ3n) is 3.07. The molecule has 0 aliphatic heterocycles. The van der Waals surface area contributed by atoms with Crippen LogP contribution in [0.15, 0.2) is 12.1 Å². The first-order valence-corrected chi connectivity index (χ1v) is 6.72. The number of halogens is 2. The van der Waals surface area contributed by atoms with Gasteiger partial charge in [0, 0.05) is 19.7 Å². The van der Waals surface area contributed by atoms with E-state index >= 15 is 0 Å². The lowest BCUT2D eigenvalue weighted by atomic mass is 10.1. The second-order valence-corrected chi connectivity index (χ2v) is 5.21. The largest absolute Gasteiger partial charge is 0.496 e. The van der Waals surface area contributed by atoms with Crippen molar-refractivity contribution < 1.29 is 14.3 Å². The van der Waals surface area contributed by atoms with Gasteiger partial charge < -0.3 is 20.5 Å². The van der Waals surface area contributed by atoms with Crippen molar-refractivity contribution >= 4 is 35.6 Å². The second kappa shape index (κ2) is 8.97. The van der Waals surface area contributed by atoms with Gasteiger partial charge in [0.2, 0.25) is 0 Å². The molecule has 1 atom stereocenters. The maximum atomic E-state index is 12.2. The molecule has 1 amide bonds. The lowest BCUT2D eigenvalue weighted by Gasteiger charge is -2.20. The molecular formula is C14H22Cl2N2O3. The van der Waals surface area contributed by atoms with E-state index in [0.717, 1.165) is 0 Å². The Kier molecular flexibility index (Phi) is 8.47. The highest BCUT2D eigenvalue weighted by molar-refractivity contribution is 6.33. The summed E-state index contributed by atoms with van der Waals surface area (Å²) in [5.41, 5.74) is 6.41. The van der Waals surface area contributed by atoms with Crippen LogP contribution in [-0.4, -0.2) is 32.8 Å². The number of benzene rings is 1. The van der Waals surface area contributed by atoms with Gasteiger partial charge in [-0.15, -0.1) is 12.4 Å². The fourth-order valence-corrected chi connectivity index (χ4v) is 1.96. The molecule has 0 aliphatic carbocycles. The van der Waals surface area contributed by atoms with E-state index in [4.69, 9.17) is 26.8 Å². The number of ether oxygens (including phenoxy) is 2. The van der Waals surface area contributed by atoms with Crippen molar-refractivity contribution in [3.63, 3.8) is 0 Å². The highest BCUT2D eigenvalue weighted by Crippen LogP contribution is 2.28. The summed E-state index contributed by atoms with van der Waals surface area (Å²) in [5, 5.41) is 3.13. The SMILES string of the molecule is COc1cc(N)c(Cl)cc1C(=O)NCC(OC)C(C)C.Cl. The topological polar surface area (TPSA) is 73.6 Å². The van der Waals surface area contributed by atoms with Crippen LogP contribution in [0.1, 0.15) is 24.2 Å². The lowest BCUT2D eigenvalue weighted by molar-refractivity contribution is 0.0604. The van der Waals surface area contributed by atoms with Crippen LogP contribution in [0.3, 0.4) is 0 Å². The molecule has 7 heteroatoms. The number of amides is 1. The van der Waals surface area contributed by atoms with Crippen LogP contribution < -0.4 is 15.8 Å². The first-order chi connectivity index (χ1) is 9.40. The van der Waals surface area contributed by atoms with Crippen LogP contribution in [0.5, 0.6) is 5.75 Å². The van der Waals surface area contributed by atoms with Crippen LogP contribution in [0.25, 0.3) is 0 Å². The van der Waals surface area contributed by atoms with Crippen molar-refractivity contribution in [3.05, 3.63) is 22.7 Å². The first-order valence-electron chi connectivity index (χ1n) is 6.34. The second-order valence-electron chi connectivity index (χ2n) is 4.80. The highest BCUT2D eigenvalue weighted by Gasteiger charge is 2.18. The number of nitrogen functional groups attached to an aromatic ring is 1. The minimum Gasteiger partial charge on any atom is -0.496 e. The highest BCUT2D eigenvalue weighted by atomic mass is 35.5. The Morgan fingerprint density at radius 3 is 2.48 bits per heavy atom. The molecule has 0 spiro atoms. The molecule has 120 valence electrons. The third-order valence-corrected chi connectivity index (χ3v) is 3.40. The van der Waals surface area contributed by atoms with Crippen molar-refractivity contribution in [2.24, 2.45) is 5.92 Å². The number of carbonyl (C=O) groups is 1. The Morgan fingerprint density at radius 2 is 2.00 bits per heavy atom. The van der Waals surface area contributed by atoms with Crippen molar-refractivity contribution in [3.8, 4) is 5.75 Å². The molecular weight excluding hydrogens is 315 g/mol. The van der Waals surface area contributed by atoms with Gasteiger partial charge in [-0.25, -0.2) is 0 Å². The monoisotopic (exact) mass is 336 g/mol. The van der Waals surface area contributed by atoms with Crippen LogP contribution in [-0.2, 0) is 4.74 Å². The Morgan fingerprint density at radius 1 is 1.38 bits per heavy atom. The van der Waals surface area contributed by atoms with Crippen molar-refractivity contribution in [2.45, 2.75) is 20.0 Å². The molecule has 0 aromatic heterocycles. The van der Waals surface area contributed by atoms with Gasteiger partial charge in [0.15, 0.2) is 0 Å². The Bertz CT molecular complexity index is 482. The van der Waals surface area contributed by atoms with Gasteiger partial charge in [-0.1, -0.05) is 25.4 Å². The van der Waals surface area contributed by atoms with Crippen LogP contribution in [0.4, 0.5) is 5.69 Å². The van der Waals surface area contributed by atoms with Crippen molar-refractivity contribution in [2.75, 3.05) is 26.5 Å². The molecule has 5 nitrogen and oxygen atoms in total. The zero-order valence-electron chi connectivity index (χ0n) is 12.6. The van der Waals surface area contributed by atoms with E-state index < -0.39 is 0 Å². The van der Waals surface area contributed by atoms with E-state index in [-0.39, 0.29) is 24.4 Å². The Labute approximate surface area is 136 Å². The summed E-state index contributed by atoms with van der Waals surface area (Å²) in [6.45, 7) is 4.47. The van der Waals surface area contributed by atoms with E-state index in [1.807, 2.05) is 13.8 Å². The molecule has 1 aromatic carbocycles. The standard InChI is InChI=1S/C14H21ClN2O3.ClH/c1-8(2)13(20-4)7-17-14(18)9-5-10(15)11(16)6-12(9)19-3;/h5-6,8,13H,7,16H2,1-4H3,(H,17,18);1H. The molecule has 0 bridgehead atoms. The van der Waals surface area contributed by atoms with E-state index in [0.29, 0.717) is 34.5 Å². The van der Waals surface area contributed by atoms with Crippen LogP contribution >= 0.6 is 24.0 Å². The number of anilines is 1. The molecule has 0 heterocycles. The van der Waals surface area contributed by atoms with Gasteiger partial charge in [0.25, 0.3) is 5.91 Å². The van der Waals surface area contributed by atoms with Gasteiger partial charge in [-0.2, -0.15) is 0 Å². The summed E-state index contributed by atoms with van der Waals surface area (Å²) in [4.78, 5) is 12.2. The molecule has 1 rings (SSSR count). The summed E-state index contributed by atoms with van der Waals surface area (Å²) < 4.78 is 10.5. The number of methoxy groups -OCH3 is 2. The predicted molar refractivity (Wildman–Crippen MR) is 87.6 cm³/mol. The average molecular weight is 337 g/mol.